The van der Waals surface area contributed by atoms with Crippen LogP contribution in [0.1, 0.15) is 0 Å². The van der Waals surface area contributed by atoms with E-state index in [0.717, 1.165) is 11.1 Å². The summed E-state index contributed by atoms with van der Waals surface area (Å²) in [5.74, 6) is 0.328. The third-order valence-electron chi connectivity index (χ3n) is 2.27. The zero-order valence-corrected chi connectivity index (χ0v) is 9.60. The minimum absolute atomic E-state index is 0.328. The highest BCUT2D eigenvalue weighted by molar-refractivity contribution is 5.69. The number of nitrogens with zero attached hydrogens (tertiary/aromatic N) is 2. The molecule has 0 aliphatic rings. The molecule has 0 saturated heterocycles. The van der Waals surface area contributed by atoms with Gasteiger partial charge in [0.25, 0.3) is 0 Å². The van der Waals surface area contributed by atoms with Crippen LogP contribution in [0.3, 0.4) is 0 Å². The lowest BCUT2D eigenvalue weighted by atomic mass is 10.1. The van der Waals surface area contributed by atoms with Gasteiger partial charge in [0, 0.05) is 10.8 Å². The monoisotopic (exact) mass is 240 g/mol. The van der Waals surface area contributed by atoms with Crippen molar-refractivity contribution in [1.82, 2.24) is 10.4 Å². The second-order valence-electron chi connectivity index (χ2n) is 3.47. The standard InChI is InChI=1S/C12H10O.C2H2N2O/c13-12-9-5-4-8-11(12)10-6-2-1-3-7-10;1-2-5-4-3-1/h1-9,13H;1-2H. The highest BCUT2D eigenvalue weighted by Gasteiger charge is 2.00. The van der Waals surface area contributed by atoms with Crippen molar-refractivity contribution in [2.24, 2.45) is 0 Å². The van der Waals surface area contributed by atoms with Crippen molar-refractivity contribution in [2.75, 3.05) is 0 Å². The molecule has 3 aromatic rings. The van der Waals surface area contributed by atoms with Crippen LogP contribution in [0, 0.1) is 0 Å². The highest BCUT2D eigenvalue weighted by Crippen LogP contribution is 2.27. The summed E-state index contributed by atoms with van der Waals surface area (Å²) in [5, 5.41) is 16.0. The Labute approximate surface area is 104 Å². The van der Waals surface area contributed by atoms with Gasteiger partial charge in [-0.2, -0.15) is 0 Å². The fraction of sp³-hybridized carbons (Fsp3) is 0. The zero-order chi connectivity index (χ0) is 12.6. The summed E-state index contributed by atoms with van der Waals surface area (Å²) in [7, 11) is 0. The van der Waals surface area contributed by atoms with Gasteiger partial charge in [-0.25, -0.2) is 0 Å². The van der Waals surface area contributed by atoms with Crippen molar-refractivity contribution < 1.29 is 9.63 Å². The van der Waals surface area contributed by atoms with E-state index in [1.165, 1.54) is 12.5 Å². The lowest BCUT2D eigenvalue weighted by molar-refractivity contribution is 0.393. The maximum atomic E-state index is 9.56. The molecule has 0 atom stereocenters. The summed E-state index contributed by atoms with van der Waals surface area (Å²) in [6.07, 6.45) is 2.88. The van der Waals surface area contributed by atoms with Crippen LogP contribution in [0.2, 0.25) is 0 Å². The Hall–Kier alpha value is -2.62. The topological polar surface area (TPSA) is 59.2 Å². The van der Waals surface area contributed by atoms with Crippen LogP contribution in [0.15, 0.2) is 71.6 Å². The van der Waals surface area contributed by atoms with Crippen molar-refractivity contribution in [2.45, 2.75) is 0 Å². The van der Waals surface area contributed by atoms with E-state index in [9.17, 15) is 5.11 Å². The van der Waals surface area contributed by atoms with E-state index in [-0.39, 0.29) is 0 Å². The summed E-state index contributed by atoms with van der Waals surface area (Å²) in [6, 6.07) is 17.2. The first-order valence-electron chi connectivity index (χ1n) is 5.42. The maximum Gasteiger partial charge on any atom is 0.144 e. The molecule has 0 spiro atoms. The van der Waals surface area contributed by atoms with E-state index in [1.807, 2.05) is 48.5 Å². The van der Waals surface area contributed by atoms with Gasteiger partial charge in [0.05, 0.1) is 6.20 Å². The molecule has 1 N–H and O–H groups in total. The molecule has 90 valence electrons. The Morgan fingerprint density at radius 3 is 2.17 bits per heavy atom. The molecule has 0 radical (unpaired) electrons. The van der Waals surface area contributed by atoms with Crippen LogP contribution in [0.25, 0.3) is 11.1 Å². The van der Waals surface area contributed by atoms with Gasteiger partial charge in [-0.1, -0.05) is 48.5 Å². The van der Waals surface area contributed by atoms with E-state index in [1.54, 1.807) is 6.07 Å². The molecule has 0 fully saturated rings. The molecule has 4 heteroatoms. The second kappa shape index (κ2) is 6.20. The summed E-state index contributed by atoms with van der Waals surface area (Å²) >= 11 is 0. The van der Waals surface area contributed by atoms with Crippen molar-refractivity contribution in [3.8, 4) is 16.9 Å². The van der Waals surface area contributed by atoms with Crippen molar-refractivity contribution >= 4 is 0 Å². The molecule has 2 aromatic carbocycles. The number of benzene rings is 2. The fourth-order valence-corrected chi connectivity index (χ4v) is 1.47. The number of hydrogen-bond donors (Lipinski definition) is 1. The number of aromatic nitrogens is 2. The first-order valence-corrected chi connectivity index (χ1v) is 5.42. The molecule has 1 heterocycles. The minimum atomic E-state index is 0.328. The van der Waals surface area contributed by atoms with E-state index < -0.39 is 0 Å². The predicted molar refractivity (Wildman–Crippen MR) is 67.8 cm³/mol. The number of aromatic hydroxyl groups is 1. The molecule has 0 aliphatic heterocycles. The van der Waals surface area contributed by atoms with Gasteiger partial charge in [0.2, 0.25) is 0 Å². The second-order valence-corrected chi connectivity index (χ2v) is 3.47. The van der Waals surface area contributed by atoms with Crippen LogP contribution in [0.5, 0.6) is 5.75 Å². The van der Waals surface area contributed by atoms with Crippen LogP contribution >= 0.6 is 0 Å². The average Bonchev–Trinajstić information content (AvgIpc) is 2.99. The number of para-hydroxylation sites is 1. The molecule has 18 heavy (non-hydrogen) atoms. The van der Waals surface area contributed by atoms with E-state index >= 15 is 0 Å². The van der Waals surface area contributed by atoms with Gasteiger partial charge in [0.15, 0.2) is 0 Å². The molecule has 0 unspecified atom stereocenters. The van der Waals surface area contributed by atoms with Crippen LogP contribution in [0.4, 0.5) is 0 Å². The van der Waals surface area contributed by atoms with Crippen molar-refractivity contribution in [3.05, 3.63) is 67.1 Å². The lowest BCUT2D eigenvalue weighted by Gasteiger charge is -2.02. The van der Waals surface area contributed by atoms with Crippen molar-refractivity contribution in [3.63, 3.8) is 0 Å². The fourth-order valence-electron chi connectivity index (χ4n) is 1.47. The smallest absolute Gasteiger partial charge is 0.144 e. The molecule has 3 rings (SSSR count). The maximum absolute atomic E-state index is 9.56. The Morgan fingerprint density at radius 1 is 0.889 bits per heavy atom. The summed E-state index contributed by atoms with van der Waals surface area (Å²) in [5.41, 5.74) is 1.92. The lowest BCUT2D eigenvalue weighted by Crippen LogP contribution is -1.76. The minimum Gasteiger partial charge on any atom is -0.507 e. The quantitative estimate of drug-likeness (QED) is 0.710. The van der Waals surface area contributed by atoms with Gasteiger partial charge >= 0.3 is 0 Å². The number of hydrogen-bond acceptors (Lipinski definition) is 4. The first kappa shape index (κ1) is 11.9. The Balaban J connectivity index is 0.000000202. The summed E-state index contributed by atoms with van der Waals surface area (Å²) in [6.45, 7) is 0. The summed E-state index contributed by atoms with van der Waals surface area (Å²) in [4.78, 5) is 0. The largest absolute Gasteiger partial charge is 0.507 e. The number of phenols is 1. The molecule has 0 saturated carbocycles. The Morgan fingerprint density at radius 2 is 1.61 bits per heavy atom. The number of phenolic OH excluding ortho intramolecular Hbond substituents is 1. The third-order valence-corrected chi connectivity index (χ3v) is 2.27. The van der Waals surface area contributed by atoms with Gasteiger partial charge < -0.3 is 9.63 Å². The van der Waals surface area contributed by atoms with E-state index in [0.29, 0.717) is 5.75 Å². The molecule has 0 amide bonds. The van der Waals surface area contributed by atoms with Crippen LogP contribution in [-0.4, -0.2) is 15.5 Å². The first-order chi connectivity index (χ1) is 8.88. The molecule has 4 nitrogen and oxygen atoms in total. The zero-order valence-electron chi connectivity index (χ0n) is 9.60. The van der Waals surface area contributed by atoms with Gasteiger partial charge in [-0.15, -0.1) is 5.10 Å². The van der Waals surface area contributed by atoms with Gasteiger partial charge in [-0.05, 0) is 11.6 Å². The third kappa shape index (κ3) is 3.18. The molecule has 0 bridgehead atoms. The number of rotatable bonds is 1. The normalized spacial score (nSPS) is 9.33. The molecule has 0 aliphatic carbocycles. The van der Waals surface area contributed by atoms with E-state index in [4.69, 9.17) is 0 Å². The SMILES string of the molecule is Oc1ccccc1-c1ccccc1.c1conn1. The van der Waals surface area contributed by atoms with E-state index in [2.05, 4.69) is 14.9 Å². The highest BCUT2D eigenvalue weighted by atomic mass is 16.5. The average molecular weight is 240 g/mol. The predicted octanol–water partition coefficient (Wildman–Crippen LogP) is 3.13. The van der Waals surface area contributed by atoms with Crippen LogP contribution < -0.4 is 0 Å². The Bertz CT molecular complexity index is 548. The van der Waals surface area contributed by atoms with Gasteiger partial charge in [-0.3, -0.25) is 0 Å². The van der Waals surface area contributed by atoms with Crippen molar-refractivity contribution in [1.29, 1.82) is 0 Å². The molecule has 1 aromatic heterocycles. The Kier molecular flexibility index (Phi) is 4.08. The summed E-state index contributed by atoms with van der Waals surface area (Å²) < 4.78 is 4.22. The van der Waals surface area contributed by atoms with Gasteiger partial charge in [0.1, 0.15) is 12.0 Å². The van der Waals surface area contributed by atoms with Crippen LogP contribution in [-0.2, 0) is 0 Å². The molecular weight excluding hydrogens is 228 g/mol. The molecular formula is C14H12N2O2.